The van der Waals surface area contributed by atoms with Crippen LogP contribution in [0.2, 0.25) is 0 Å². The van der Waals surface area contributed by atoms with Crippen molar-refractivity contribution >= 4 is 34.4 Å². The predicted octanol–water partition coefficient (Wildman–Crippen LogP) is 4.75. The fraction of sp³-hybridized carbons (Fsp3) is 0.0833. The van der Waals surface area contributed by atoms with E-state index in [0.717, 1.165) is 28.2 Å². The van der Waals surface area contributed by atoms with E-state index in [1.807, 2.05) is 26.0 Å². The van der Waals surface area contributed by atoms with Gasteiger partial charge in [0.2, 0.25) is 0 Å². The zero-order chi connectivity index (χ0) is 23.0. The molecule has 1 N–H and O–H groups in total. The first-order valence-electron chi connectivity index (χ1n) is 9.74. The molecule has 32 heavy (non-hydrogen) atoms. The van der Waals surface area contributed by atoms with E-state index in [9.17, 15) is 24.1 Å². The molecule has 0 atom stereocenters. The molecule has 8 heteroatoms. The van der Waals surface area contributed by atoms with Crippen LogP contribution in [0.15, 0.2) is 72.4 Å². The lowest BCUT2D eigenvalue weighted by molar-refractivity contribution is -0.384. The van der Waals surface area contributed by atoms with E-state index in [1.165, 1.54) is 36.4 Å². The number of anilines is 2. The summed E-state index contributed by atoms with van der Waals surface area (Å²) in [5.41, 5.74) is 3.12. The Kier molecular flexibility index (Phi) is 5.28. The number of carbonyl (C=O) groups is 2. The summed E-state index contributed by atoms with van der Waals surface area (Å²) >= 11 is 0. The van der Waals surface area contributed by atoms with Crippen LogP contribution in [0.5, 0.6) is 0 Å². The van der Waals surface area contributed by atoms with Crippen LogP contribution in [-0.4, -0.2) is 16.7 Å². The monoisotopic (exact) mass is 431 g/mol. The van der Waals surface area contributed by atoms with E-state index in [-0.39, 0.29) is 22.6 Å². The van der Waals surface area contributed by atoms with Crippen LogP contribution in [0, 0.1) is 29.8 Å². The SMILES string of the molecule is Cc1cccc(NC2=C(c3ccc([N+](=O)[O-])cc3)C(=O)N(c3ccc(F)cc3)C2=O)c1C. The number of imide groups is 1. The van der Waals surface area contributed by atoms with Gasteiger partial charge in [-0.05, 0) is 73.0 Å². The van der Waals surface area contributed by atoms with Gasteiger partial charge in [0.05, 0.1) is 16.2 Å². The standard InChI is InChI=1S/C24H18FN3O4/c1-14-4-3-5-20(15(14)2)26-22-21(16-6-10-19(11-7-16)28(31)32)23(29)27(24(22)30)18-12-8-17(25)9-13-18/h3-13,26H,1-2H3. The van der Waals surface area contributed by atoms with Crippen LogP contribution in [-0.2, 0) is 9.59 Å². The Morgan fingerprint density at radius 2 is 1.56 bits per heavy atom. The third-order valence-electron chi connectivity index (χ3n) is 5.40. The highest BCUT2D eigenvalue weighted by molar-refractivity contribution is 6.46. The summed E-state index contributed by atoms with van der Waals surface area (Å²) in [5, 5.41) is 14.1. The summed E-state index contributed by atoms with van der Waals surface area (Å²) in [6.07, 6.45) is 0. The van der Waals surface area contributed by atoms with Gasteiger partial charge in [-0.25, -0.2) is 9.29 Å². The van der Waals surface area contributed by atoms with Crippen LogP contribution >= 0.6 is 0 Å². The Labute approximate surface area is 182 Å². The van der Waals surface area contributed by atoms with Crippen LogP contribution in [0.1, 0.15) is 16.7 Å². The number of nitrogens with one attached hydrogen (secondary N) is 1. The minimum atomic E-state index is -0.608. The molecule has 0 spiro atoms. The van der Waals surface area contributed by atoms with Gasteiger partial charge in [0, 0.05) is 17.8 Å². The number of rotatable bonds is 5. The summed E-state index contributed by atoms with van der Waals surface area (Å²) in [6.45, 7) is 3.82. The van der Waals surface area contributed by atoms with Crippen molar-refractivity contribution in [3.8, 4) is 0 Å². The number of hydrogen-bond donors (Lipinski definition) is 1. The lowest BCUT2D eigenvalue weighted by Crippen LogP contribution is -2.32. The maximum absolute atomic E-state index is 13.4. The highest BCUT2D eigenvalue weighted by atomic mass is 19.1. The summed E-state index contributed by atoms with van der Waals surface area (Å²) in [7, 11) is 0. The highest BCUT2D eigenvalue weighted by Crippen LogP contribution is 2.35. The molecule has 0 saturated carbocycles. The number of nitrogens with zero attached hydrogens (tertiary/aromatic N) is 2. The molecule has 0 saturated heterocycles. The van der Waals surface area contributed by atoms with E-state index in [1.54, 1.807) is 6.07 Å². The minimum Gasteiger partial charge on any atom is -0.350 e. The number of hydrogen-bond acceptors (Lipinski definition) is 5. The lowest BCUT2D eigenvalue weighted by atomic mass is 10.0. The van der Waals surface area contributed by atoms with Gasteiger partial charge in [0.1, 0.15) is 11.5 Å². The quantitative estimate of drug-likeness (QED) is 0.358. The first kappa shape index (κ1) is 20.9. The second kappa shape index (κ2) is 8.07. The molecule has 1 heterocycles. The predicted molar refractivity (Wildman–Crippen MR) is 118 cm³/mol. The van der Waals surface area contributed by atoms with Gasteiger partial charge in [-0.1, -0.05) is 12.1 Å². The Balaban J connectivity index is 1.84. The molecule has 0 fully saturated rings. The molecule has 1 aliphatic rings. The minimum absolute atomic E-state index is 0.0434. The van der Waals surface area contributed by atoms with Crippen molar-refractivity contribution in [2.24, 2.45) is 0 Å². The van der Waals surface area contributed by atoms with Gasteiger partial charge >= 0.3 is 0 Å². The molecule has 4 rings (SSSR count). The second-order valence-corrected chi connectivity index (χ2v) is 7.35. The van der Waals surface area contributed by atoms with E-state index in [4.69, 9.17) is 0 Å². The van der Waals surface area contributed by atoms with Crippen LogP contribution in [0.3, 0.4) is 0 Å². The van der Waals surface area contributed by atoms with Gasteiger partial charge < -0.3 is 5.32 Å². The molecule has 0 unspecified atom stereocenters. The molecule has 0 aliphatic carbocycles. The van der Waals surface area contributed by atoms with Gasteiger partial charge in [-0.3, -0.25) is 19.7 Å². The molecule has 2 amide bonds. The first-order chi connectivity index (χ1) is 15.3. The molecule has 3 aromatic rings. The summed E-state index contributed by atoms with van der Waals surface area (Å²) < 4.78 is 13.4. The first-order valence-corrected chi connectivity index (χ1v) is 9.74. The number of nitro groups is 1. The summed E-state index contributed by atoms with van der Waals surface area (Å²) in [4.78, 5) is 38.1. The fourth-order valence-electron chi connectivity index (χ4n) is 3.51. The third-order valence-corrected chi connectivity index (χ3v) is 5.40. The number of carbonyl (C=O) groups excluding carboxylic acids is 2. The number of aryl methyl sites for hydroxylation is 1. The second-order valence-electron chi connectivity index (χ2n) is 7.35. The molecule has 160 valence electrons. The smallest absolute Gasteiger partial charge is 0.282 e. The van der Waals surface area contributed by atoms with Crippen LogP contribution < -0.4 is 10.2 Å². The van der Waals surface area contributed by atoms with E-state index < -0.39 is 22.6 Å². The van der Waals surface area contributed by atoms with Crippen molar-refractivity contribution < 1.29 is 18.9 Å². The van der Waals surface area contributed by atoms with Crippen molar-refractivity contribution in [1.82, 2.24) is 0 Å². The van der Waals surface area contributed by atoms with Gasteiger partial charge in [-0.2, -0.15) is 0 Å². The topological polar surface area (TPSA) is 92.6 Å². The molecule has 0 bridgehead atoms. The summed E-state index contributed by atoms with van der Waals surface area (Å²) in [5.74, 6) is -1.70. The Hall–Kier alpha value is -4.33. The largest absolute Gasteiger partial charge is 0.350 e. The van der Waals surface area contributed by atoms with Crippen molar-refractivity contribution in [2.45, 2.75) is 13.8 Å². The maximum Gasteiger partial charge on any atom is 0.282 e. The Bertz CT molecular complexity index is 1280. The number of non-ortho nitro benzene ring substituents is 1. The number of nitro benzene ring substituents is 1. The number of halogens is 1. The molecular formula is C24H18FN3O4. The Morgan fingerprint density at radius 3 is 2.19 bits per heavy atom. The summed E-state index contributed by atoms with van der Waals surface area (Å²) in [6, 6.07) is 16.0. The third kappa shape index (κ3) is 3.62. The molecule has 0 radical (unpaired) electrons. The van der Waals surface area contributed by atoms with Crippen LogP contribution in [0.25, 0.3) is 5.57 Å². The van der Waals surface area contributed by atoms with Gasteiger partial charge in [0.25, 0.3) is 17.5 Å². The fourth-order valence-corrected chi connectivity index (χ4v) is 3.51. The van der Waals surface area contributed by atoms with E-state index in [0.29, 0.717) is 11.3 Å². The average Bonchev–Trinajstić information content (AvgIpc) is 3.01. The maximum atomic E-state index is 13.4. The zero-order valence-corrected chi connectivity index (χ0v) is 17.3. The van der Waals surface area contributed by atoms with Crippen molar-refractivity contribution in [3.05, 3.63) is 105 Å². The average molecular weight is 431 g/mol. The van der Waals surface area contributed by atoms with Crippen molar-refractivity contribution in [3.63, 3.8) is 0 Å². The molecule has 1 aliphatic heterocycles. The molecular weight excluding hydrogens is 413 g/mol. The normalized spacial score (nSPS) is 13.7. The lowest BCUT2D eigenvalue weighted by Gasteiger charge is -2.16. The van der Waals surface area contributed by atoms with E-state index in [2.05, 4.69) is 5.32 Å². The molecule has 0 aromatic heterocycles. The molecule has 3 aromatic carbocycles. The van der Waals surface area contributed by atoms with Crippen LogP contribution in [0.4, 0.5) is 21.5 Å². The number of benzene rings is 3. The van der Waals surface area contributed by atoms with Crippen molar-refractivity contribution in [1.29, 1.82) is 0 Å². The highest BCUT2D eigenvalue weighted by Gasteiger charge is 2.40. The zero-order valence-electron chi connectivity index (χ0n) is 17.3. The number of amides is 2. The Morgan fingerprint density at radius 1 is 0.906 bits per heavy atom. The van der Waals surface area contributed by atoms with E-state index >= 15 is 0 Å². The molecule has 7 nitrogen and oxygen atoms in total. The van der Waals surface area contributed by atoms with Gasteiger partial charge in [-0.15, -0.1) is 0 Å². The van der Waals surface area contributed by atoms with Gasteiger partial charge in [0.15, 0.2) is 0 Å². The van der Waals surface area contributed by atoms with Crippen molar-refractivity contribution in [2.75, 3.05) is 10.2 Å².